The smallest absolute Gasteiger partial charge is 0.334 e. The lowest BCUT2D eigenvalue weighted by molar-refractivity contribution is -0.134. The molecule has 4 rings (SSSR count). The number of carbonyl (C=O) groups is 1. The molecule has 0 saturated carbocycles. The maximum atomic E-state index is 11.8. The Kier molecular flexibility index (Phi) is 4.60. The van der Waals surface area contributed by atoms with E-state index in [1.54, 1.807) is 6.07 Å². The van der Waals surface area contributed by atoms with Crippen molar-refractivity contribution in [3.05, 3.63) is 41.3 Å². The molecule has 6 heteroatoms. The first-order valence-corrected chi connectivity index (χ1v) is 9.57. The van der Waals surface area contributed by atoms with E-state index in [1.807, 2.05) is 12.1 Å². The monoisotopic (exact) mass is 370 g/mol. The van der Waals surface area contributed by atoms with Gasteiger partial charge in [0.05, 0.1) is 25.0 Å². The van der Waals surface area contributed by atoms with Gasteiger partial charge in [-0.25, -0.2) is 4.79 Å². The summed E-state index contributed by atoms with van der Waals surface area (Å²) in [5.74, 6) is -0.362. The largest absolute Gasteiger partial charge is 0.507 e. The number of carboxylic acids is 1. The van der Waals surface area contributed by atoms with E-state index >= 15 is 0 Å². The number of hydrogen-bond donors (Lipinski definition) is 3. The number of nitrogens with one attached hydrogen (secondary N) is 1. The minimum atomic E-state index is -0.904. The molecule has 27 heavy (non-hydrogen) atoms. The molecule has 0 spiro atoms. The van der Waals surface area contributed by atoms with Gasteiger partial charge in [0.1, 0.15) is 5.75 Å². The Balaban J connectivity index is 1.76. The van der Waals surface area contributed by atoms with Crippen LogP contribution in [0.4, 0.5) is 0 Å². The van der Waals surface area contributed by atoms with Crippen LogP contribution in [0.2, 0.25) is 0 Å². The highest BCUT2D eigenvalue weighted by molar-refractivity contribution is 5.91. The van der Waals surface area contributed by atoms with Gasteiger partial charge < -0.3 is 19.9 Å². The van der Waals surface area contributed by atoms with E-state index in [0.29, 0.717) is 11.3 Å². The molecule has 1 saturated heterocycles. The number of hydrogen-bond acceptors (Lipinski definition) is 4. The number of aromatic hydroxyl groups is 1. The molecular weight excluding hydrogens is 344 g/mol. The Morgan fingerprint density at radius 3 is 2.96 bits per heavy atom. The molecule has 6 nitrogen and oxygen atoms in total. The lowest BCUT2D eigenvalue weighted by atomic mass is 9.74. The van der Waals surface area contributed by atoms with Crippen molar-refractivity contribution in [2.24, 2.45) is 11.8 Å². The van der Waals surface area contributed by atoms with Crippen LogP contribution >= 0.6 is 0 Å². The first kappa shape index (κ1) is 17.9. The number of carboxylic acid groups (broad SMARTS) is 1. The standard InChI is InChI=1S/C21H26N2O4/c1-3-12-10-23-8-7-13-19-16(5-4-6-18(19)24)22-20(13)17(23)9-14(12)15(11-27-2)21(25)26/h4-6,11-12,14,17,22,24H,3,7-10H2,1-2H3,(H,25,26)/b15-11+/t12-,14+,17+/m1/s1. The third kappa shape index (κ3) is 2.88. The second kappa shape index (κ2) is 6.93. The van der Waals surface area contributed by atoms with Crippen molar-refractivity contribution in [1.82, 2.24) is 9.88 Å². The number of aromatic amines is 1. The molecule has 1 fully saturated rings. The first-order valence-electron chi connectivity index (χ1n) is 9.57. The van der Waals surface area contributed by atoms with E-state index < -0.39 is 5.97 Å². The fraction of sp³-hybridized carbons (Fsp3) is 0.476. The molecule has 2 aromatic rings. The lowest BCUT2D eigenvalue weighted by Gasteiger charge is -2.46. The summed E-state index contributed by atoms with van der Waals surface area (Å²) in [5.41, 5.74) is 3.60. The van der Waals surface area contributed by atoms with Crippen molar-refractivity contribution in [2.45, 2.75) is 32.2 Å². The molecule has 0 amide bonds. The number of rotatable bonds is 4. The fourth-order valence-corrected chi connectivity index (χ4v) is 5.02. The van der Waals surface area contributed by atoms with Crippen LogP contribution in [-0.2, 0) is 16.0 Å². The molecule has 0 aliphatic carbocycles. The maximum absolute atomic E-state index is 11.8. The van der Waals surface area contributed by atoms with E-state index in [2.05, 4.69) is 16.8 Å². The SMILES string of the molecule is CC[C@@H]1CN2CCc3c([nH]c4cccc(O)c34)[C@@H]2C[C@@H]1/C(=C\OC)C(=O)O. The summed E-state index contributed by atoms with van der Waals surface area (Å²) in [6.45, 7) is 3.93. The average molecular weight is 370 g/mol. The molecule has 3 atom stereocenters. The molecule has 3 N–H and O–H groups in total. The van der Waals surface area contributed by atoms with Crippen molar-refractivity contribution >= 4 is 16.9 Å². The molecule has 2 aliphatic rings. The van der Waals surface area contributed by atoms with Gasteiger partial charge in [-0.2, -0.15) is 0 Å². The Hall–Kier alpha value is -2.47. The number of phenolic OH excluding ortho intramolecular Hbond substituents is 1. The van der Waals surface area contributed by atoms with Crippen molar-refractivity contribution in [1.29, 1.82) is 0 Å². The van der Waals surface area contributed by atoms with Crippen LogP contribution in [0.25, 0.3) is 10.9 Å². The first-order chi connectivity index (χ1) is 13.0. The van der Waals surface area contributed by atoms with Crippen LogP contribution in [0.5, 0.6) is 5.75 Å². The second-order valence-corrected chi connectivity index (χ2v) is 7.60. The molecular formula is C21H26N2O4. The molecule has 144 valence electrons. The normalized spacial score (nSPS) is 25.9. The summed E-state index contributed by atoms with van der Waals surface area (Å²) in [7, 11) is 1.50. The molecule has 2 aliphatic heterocycles. The van der Waals surface area contributed by atoms with Gasteiger partial charge in [0.2, 0.25) is 0 Å². The van der Waals surface area contributed by atoms with E-state index in [1.165, 1.54) is 18.9 Å². The predicted octanol–water partition coefficient (Wildman–Crippen LogP) is 3.43. The zero-order valence-electron chi connectivity index (χ0n) is 15.7. The summed E-state index contributed by atoms with van der Waals surface area (Å²) in [6.07, 6.45) is 3.96. The number of H-pyrrole nitrogens is 1. The molecule has 0 bridgehead atoms. The molecule has 0 unspecified atom stereocenters. The Labute approximate surface area is 158 Å². The number of methoxy groups -OCH3 is 1. The zero-order valence-corrected chi connectivity index (χ0v) is 15.7. The summed E-state index contributed by atoms with van der Waals surface area (Å²) in [4.78, 5) is 17.8. The molecule has 1 aromatic heterocycles. The lowest BCUT2D eigenvalue weighted by Crippen LogP contribution is -2.46. The van der Waals surface area contributed by atoms with Crippen molar-refractivity contribution < 1.29 is 19.7 Å². The number of fused-ring (bicyclic) bond motifs is 5. The van der Waals surface area contributed by atoms with Crippen LogP contribution in [-0.4, -0.2) is 46.3 Å². The number of aromatic nitrogens is 1. The predicted molar refractivity (Wildman–Crippen MR) is 103 cm³/mol. The summed E-state index contributed by atoms with van der Waals surface area (Å²) >= 11 is 0. The third-order valence-corrected chi connectivity index (χ3v) is 6.29. The number of benzene rings is 1. The minimum absolute atomic E-state index is 0.0559. The van der Waals surface area contributed by atoms with Crippen molar-refractivity contribution in [3.8, 4) is 5.75 Å². The van der Waals surface area contributed by atoms with Crippen LogP contribution in [0.1, 0.15) is 37.1 Å². The summed E-state index contributed by atoms with van der Waals surface area (Å²) < 4.78 is 5.08. The zero-order chi connectivity index (χ0) is 19.1. The van der Waals surface area contributed by atoms with Crippen LogP contribution in [0, 0.1) is 11.8 Å². The maximum Gasteiger partial charge on any atom is 0.334 e. The highest BCUT2D eigenvalue weighted by Gasteiger charge is 2.42. The van der Waals surface area contributed by atoms with E-state index in [4.69, 9.17) is 4.74 Å². The van der Waals surface area contributed by atoms with Gasteiger partial charge in [0.15, 0.2) is 0 Å². The Morgan fingerprint density at radius 1 is 1.44 bits per heavy atom. The number of aliphatic carboxylic acids is 1. The van der Waals surface area contributed by atoms with E-state index in [0.717, 1.165) is 48.9 Å². The Bertz CT molecular complexity index is 901. The highest BCUT2D eigenvalue weighted by Crippen LogP contribution is 2.46. The van der Waals surface area contributed by atoms with Crippen molar-refractivity contribution in [2.75, 3.05) is 20.2 Å². The topological polar surface area (TPSA) is 85.8 Å². The van der Waals surface area contributed by atoms with Gasteiger partial charge in [-0.15, -0.1) is 0 Å². The quantitative estimate of drug-likeness (QED) is 0.567. The molecule has 1 aromatic carbocycles. The number of ether oxygens (including phenoxy) is 1. The van der Waals surface area contributed by atoms with Gasteiger partial charge in [-0.05, 0) is 42.4 Å². The summed E-state index contributed by atoms with van der Waals surface area (Å²) in [6, 6.07) is 5.69. The molecule has 0 radical (unpaired) electrons. The summed E-state index contributed by atoms with van der Waals surface area (Å²) in [5, 5.41) is 21.0. The highest BCUT2D eigenvalue weighted by atomic mass is 16.5. The van der Waals surface area contributed by atoms with Gasteiger partial charge in [-0.1, -0.05) is 19.4 Å². The third-order valence-electron chi connectivity index (χ3n) is 6.29. The number of phenols is 1. The molecule has 3 heterocycles. The second-order valence-electron chi connectivity index (χ2n) is 7.60. The fourth-order valence-electron chi connectivity index (χ4n) is 5.02. The Morgan fingerprint density at radius 2 is 2.26 bits per heavy atom. The van der Waals surface area contributed by atoms with Gasteiger partial charge in [0.25, 0.3) is 0 Å². The van der Waals surface area contributed by atoms with Crippen LogP contribution < -0.4 is 0 Å². The van der Waals surface area contributed by atoms with Crippen LogP contribution in [0.3, 0.4) is 0 Å². The average Bonchev–Trinajstić information content (AvgIpc) is 3.05. The van der Waals surface area contributed by atoms with Gasteiger partial charge >= 0.3 is 5.97 Å². The van der Waals surface area contributed by atoms with Gasteiger partial charge in [-0.3, -0.25) is 4.90 Å². The van der Waals surface area contributed by atoms with E-state index in [-0.39, 0.29) is 17.9 Å². The van der Waals surface area contributed by atoms with Crippen molar-refractivity contribution in [3.63, 3.8) is 0 Å². The van der Waals surface area contributed by atoms with E-state index in [9.17, 15) is 15.0 Å². The number of piperidine rings is 1. The van der Waals surface area contributed by atoms with Gasteiger partial charge in [0, 0.05) is 29.7 Å². The minimum Gasteiger partial charge on any atom is -0.507 e. The number of nitrogens with zero attached hydrogens (tertiary/aromatic N) is 1. The van der Waals surface area contributed by atoms with Crippen LogP contribution in [0.15, 0.2) is 30.0 Å².